The predicted molar refractivity (Wildman–Crippen MR) is 90.5 cm³/mol. The number of amides is 1. The molecule has 136 valence electrons. The predicted octanol–water partition coefficient (Wildman–Crippen LogP) is 3.12. The lowest BCUT2D eigenvalue weighted by Crippen LogP contribution is -2.28. The number of ether oxygens (including phenoxy) is 1. The van der Waals surface area contributed by atoms with Crippen LogP contribution >= 0.6 is 11.3 Å². The number of benzene rings is 1. The number of alkyl halides is 3. The summed E-state index contributed by atoms with van der Waals surface area (Å²) in [5.74, 6) is -0.127. The average molecular weight is 383 g/mol. The fourth-order valence-electron chi connectivity index (χ4n) is 2.28. The third-order valence-electron chi connectivity index (χ3n) is 3.47. The Morgan fingerprint density at radius 1 is 1.31 bits per heavy atom. The van der Waals surface area contributed by atoms with Crippen LogP contribution in [-0.4, -0.2) is 22.6 Å². The van der Waals surface area contributed by atoms with Gasteiger partial charge in [0.2, 0.25) is 5.91 Å². The summed E-state index contributed by atoms with van der Waals surface area (Å²) < 4.78 is 44.9. The molecule has 1 N–H and O–H groups in total. The normalized spacial score (nSPS) is 11.5. The Labute approximate surface area is 148 Å². The van der Waals surface area contributed by atoms with Gasteiger partial charge in [-0.15, -0.1) is 0 Å². The van der Waals surface area contributed by atoms with Gasteiger partial charge < -0.3 is 14.6 Å². The molecule has 0 aliphatic rings. The second kappa shape index (κ2) is 6.79. The monoisotopic (exact) mass is 383 g/mol. The molecule has 0 bridgehead atoms. The number of carbonyl (C=O) groups is 1. The second-order valence-corrected chi connectivity index (χ2v) is 6.29. The summed E-state index contributed by atoms with van der Waals surface area (Å²) >= 11 is 1.19. The first-order chi connectivity index (χ1) is 12.3. The molecule has 1 aromatic carbocycles. The molecular formula is C16H12F3N3O3S. The van der Waals surface area contributed by atoms with Crippen LogP contribution < -0.4 is 15.6 Å². The number of halogens is 3. The molecule has 3 rings (SSSR count). The van der Waals surface area contributed by atoms with Crippen molar-refractivity contribution in [3.05, 3.63) is 52.4 Å². The zero-order valence-corrected chi connectivity index (χ0v) is 14.1. The topological polar surface area (TPSA) is 73.2 Å². The Kier molecular flexibility index (Phi) is 4.68. The van der Waals surface area contributed by atoms with Crippen molar-refractivity contribution in [2.24, 2.45) is 0 Å². The van der Waals surface area contributed by atoms with Gasteiger partial charge in [-0.05, 0) is 18.2 Å². The van der Waals surface area contributed by atoms with Gasteiger partial charge in [0.15, 0.2) is 5.13 Å². The van der Waals surface area contributed by atoms with Gasteiger partial charge in [0.25, 0.3) is 5.56 Å². The number of fused-ring (bicyclic) bond motifs is 1. The van der Waals surface area contributed by atoms with E-state index in [9.17, 15) is 22.8 Å². The summed E-state index contributed by atoms with van der Waals surface area (Å²) in [4.78, 5) is 28.0. The highest BCUT2D eigenvalue weighted by Gasteiger charge is 2.31. The number of carbonyl (C=O) groups excluding carboxylic acids is 1. The van der Waals surface area contributed by atoms with E-state index >= 15 is 0 Å². The number of pyridine rings is 1. The quantitative estimate of drug-likeness (QED) is 0.751. The van der Waals surface area contributed by atoms with Crippen LogP contribution in [0, 0.1) is 0 Å². The largest absolute Gasteiger partial charge is 0.494 e. The van der Waals surface area contributed by atoms with Crippen LogP contribution in [0.1, 0.15) is 5.56 Å². The lowest BCUT2D eigenvalue weighted by Gasteiger charge is -2.10. The summed E-state index contributed by atoms with van der Waals surface area (Å²) in [6, 6.07) is 6.74. The Balaban J connectivity index is 1.80. The highest BCUT2D eigenvalue weighted by molar-refractivity contribution is 7.22. The fraction of sp³-hybridized carbons (Fsp3) is 0.188. The van der Waals surface area contributed by atoms with Gasteiger partial charge in [-0.1, -0.05) is 17.4 Å². The number of hydrogen-bond donors (Lipinski definition) is 1. The molecule has 0 atom stereocenters. The third-order valence-corrected chi connectivity index (χ3v) is 4.41. The minimum atomic E-state index is -4.60. The Morgan fingerprint density at radius 2 is 2.08 bits per heavy atom. The summed E-state index contributed by atoms with van der Waals surface area (Å²) in [5.41, 5.74) is -1.15. The van der Waals surface area contributed by atoms with Crippen molar-refractivity contribution in [3.8, 4) is 5.75 Å². The van der Waals surface area contributed by atoms with Crippen molar-refractivity contribution in [1.29, 1.82) is 0 Å². The Morgan fingerprint density at radius 3 is 2.77 bits per heavy atom. The minimum Gasteiger partial charge on any atom is -0.494 e. The number of rotatable bonds is 4. The molecule has 2 heterocycles. The average Bonchev–Trinajstić information content (AvgIpc) is 2.97. The van der Waals surface area contributed by atoms with Gasteiger partial charge >= 0.3 is 6.18 Å². The molecule has 0 unspecified atom stereocenters. The Hall–Kier alpha value is -2.88. The maximum absolute atomic E-state index is 12.7. The number of anilines is 1. The van der Waals surface area contributed by atoms with E-state index in [-0.39, 0.29) is 5.13 Å². The molecule has 0 aliphatic carbocycles. The number of thiazole rings is 1. The maximum Gasteiger partial charge on any atom is 0.417 e. The van der Waals surface area contributed by atoms with E-state index in [4.69, 9.17) is 4.74 Å². The number of para-hydroxylation sites is 1. The molecule has 6 nitrogen and oxygen atoms in total. The molecule has 0 saturated heterocycles. The second-order valence-electron chi connectivity index (χ2n) is 5.26. The fourth-order valence-corrected chi connectivity index (χ4v) is 3.18. The van der Waals surface area contributed by atoms with Gasteiger partial charge in [0, 0.05) is 12.3 Å². The van der Waals surface area contributed by atoms with Gasteiger partial charge in [-0.25, -0.2) is 4.98 Å². The molecule has 2 aromatic heterocycles. The molecule has 0 radical (unpaired) electrons. The highest BCUT2D eigenvalue weighted by Crippen LogP contribution is 2.32. The van der Waals surface area contributed by atoms with E-state index in [1.807, 2.05) is 0 Å². The van der Waals surface area contributed by atoms with Gasteiger partial charge in [-0.3, -0.25) is 9.59 Å². The van der Waals surface area contributed by atoms with Crippen LogP contribution in [0.5, 0.6) is 5.75 Å². The van der Waals surface area contributed by atoms with E-state index in [2.05, 4.69) is 10.3 Å². The molecular weight excluding hydrogens is 371 g/mol. The van der Waals surface area contributed by atoms with Gasteiger partial charge in [0.05, 0.1) is 17.4 Å². The van der Waals surface area contributed by atoms with E-state index in [1.54, 1.807) is 18.2 Å². The number of aromatic nitrogens is 2. The lowest BCUT2D eigenvalue weighted by molar-refractivity contribution is -0.138. The number of hydrogen-bond acceptors (Lipinski definition) is 5. The molecule has 0 aliphatic heterocycles. The SMILES string of the molecule is COc1cccc2sc(NC(=O)Cn3cc(C(F)(F)F)ccc3=O)nc12. The standard InChI is InChI=1S/C16H12F3N3O3S/c1-25-10-3-2-4-11-14(10)21-15(26-11)20-12(23)8-22-7-9(16(17,18)19)5-6-13(22)24/h2-7H,8H2,1H3,(H,20,21,23). The van der Waals surface area contributed by atoms with Crippen LogP contribution in [0.2, 0.25) is 0 Å². The smallest absolute Gasteiger partial charge is 0.417 e. The Bertz CT molecular complexity index is 1030. The molecule has 0 saturated carbocycles. The van der Waals surface area contributed by atoms with E-state index < -0.39 is 29.8 Å². The van der Waals surface area contributed by atoms with Crippen LogP contribution in [0.3, 0.4) is 0 Å². The molecule has 0 fully saturated rings. The van der Waals surface area contributed by atoms with Gasteiger partial charge in [0.1, 0.15) is 17.8 Å². The van der Waals surface area contributed by atoms with Crippen LogP contribution in [0.25, 0.3) is 10.2 Å². The molecule has 0 spiro atoms. The van der Waals surface area contributed by atoms with Crippen molar-refractivity contribution in [3.63, 3.8) is 0 Å². The summed E-state index contributed by atoms with van der Waals surface area (Å²) in [6.45, 7) is -0.560. The van der Waals surface area contributed by atoms with Crippen molar-refractivity contribution in [1.82, 2.24) is 9.55 Å². The third kappa shape index (κ3) is 3.69. The van der Waals surface area contributed by atoms with Crippen molar-refractivity contribution < 1.29 is 22.7 Å². The van der Waals surface area contributed by atoms with Crippen molar-refractivity contribution >= 4 is 32.6 Å². The first-order valence-corrected chi connectivity index (χ1v) is 8.10. The number of nitrogens with zero attached hydrogens (tertiary/aromatic N) is 2. The molecule has 3 aromatic rings. The highest BCUT2D eigenvalue weighted by atomic mass is 32.1. The van der Waals surface area contributed by atoms with Gasteiger partial charge in [-0.2, -0.15) is 13.2 Å². The first kappa shape index (κ1) is 17.9. The molecule has 1 amide bonds. The molecule has 10 heteroatoms. The summed E-state index contributed by atoms with van der Waals surface area (Å²) in [5, 5.41) is 2.75. The summed E-state index contributed by atoms with van der Waals surface area (Å²) in [6.07, 6.45) is -3.99. The van der Waals surface area contributed by atoms with E-state index in [0.29, 0.717) is 28.1 Å². The maximum atomic E-state index is 12.7. The zero-order chi connectivity index (χ0) is 18.9. The number of nitrogens with one attached hydrogen (secondary N) is 1. The van der Waals surface area contributed by atoms with Crippen LogP contribution in [-0.2, 0) is 17.5 Å². The van der Waals surface area contributed by atoms with E-state index in [0.717, 1.165) is 10.8 Å². The van der Waals surface area contributed by atoms with Crippen molar-refractivity contribution in [2.75, 3.05) is 12.4 Å². The molecule has 26 heavy (non-hydrogen) atoms. The van der Waals surface area contributed by atoms with Crippen LogP contribution in [0.15, 0.2) is 41.3 Å². The number of methoxy groups -OCH3 is 1. The zero-order valence-electron chi connectivity index (χ0n) is 13.3. The lowest BCUT2D eigenvalue weighted by atomic mass is 10.3. The van der Waals surface area contributed by atoms with Crippen LogP contribution in [0.4, 0.5) is 18.3 Å². The summed E-state index contributed by atoms with van der Waals surface area (Å²) in [7, 11) is 1.49. The van der Waals surface area contributed by atoms with Crippen molar-refractivity contribution in [2.45, 2.75) is 12.7 Å². The minimum absolute atomic E-state index is 0.259. The first-order valence-electron chi connectivity index (χ1n) is 7.29. The van der Waals surface area contributed by atoms with E-state index in [1.165, 1.54) is 18.4 Å².